The quantitative estimate of drug-likeness (QED) is 0.906. The second kappa shape index (κ2) is 7.14. The predicted molar refractivity (Wildman–Crippen MR) is 86.0 cm³/mol. The van der Waals surface area contributed by atoms with E-state index < -0.39 is 0 Å². The summed E-state index contributed by atoms with van der Waals surface area (Å²) in [6.07, 6.45) is 3.76. The molecule has 1 aliphatic rings. The van der Waals surface area contributed by atoms with Gasteiger partial charge in [-0.15, -0.1) is 0 Å². The molecule has 0 amide bonds. The SMILES string of the molecule is COc1ccc(OC)c(C(CN)N2[C@H](C)CCC[C@@H]2C)c1. The molecule has 1 aromatic carbocycles. The number of methoxy groups -OCH3 is 2. The van der Waals surface area contributed by atoms with E-state index in [9.17, 15) is 0 Å². The Labute approximate surface area is 128 Å². The third-order valence-corrected chi connectivity index (χ3v) is 4.64. The van der Waals surface area contributed by atoms with Gasteiger partial charge in [-0.2, -0.15) is 0 Å². The third kappa shape index (κ3) is 3.33. The van der Waals surface area contributed by atoms with Crippen LogP contribution in [0.4, 0.5) is 0 Å². The zero-order chi connectivity index (χ0) is 15.4. The van der Waals surface area contributed by atoms with Crippen molar-refractivity contribution in [3.05, 3.63) is 23.8 Å². The lowest BCUT2D eigenvalue weighted by atomic mass is 9.92. The summed E-state index contributed by atoms with van der Waals surface area (Å²) in [6.45, 7) is 5.17. The van der Waals surface area contributed by atoms with Gasteiger partial charge in [0.25, 0.3) is 0 Å². The monoisotopic (exact) mass is 292 g/mol. The Bertz CT molecular complexity index is 454. The molecule has 0 radical (unpaired) electrons. The summed E-state index contributed by atoms with van der Waals surface area (Å²) in [5.41, 5.74) is 7.26. The minimum absolute atomic E-state index is 0.167. The summed E-state index contributed by atoms with van der Waals surface area (Å²) < 4.78 is 10.9. The van der Waals surface area contributed by atoms with Gasteiger partial charge in [-0.05, 0) is 44.9 Å². The predicted octanol–water partition coefficient (Wildman–Crippen LogP) is 2.97. The van der Waals surface area contributed by atoms with Gasteiger partial charge in [-0.25, -0.2) is 0 Å². The van der Waals surface area contributed by atoms with Crippen molar-refractivity contribution in [1.82, 2.24) is 4.90 Å². The van der Waals surface area contributed by atoms with Crippen LogP contribution >= 0.6 is 0 Å². The number of piperidine rings is 1. The van der Waals surface area contributed by atoms with Crippen LogP contribution in [0.1, 0.15) is 44.7 Å². The highest BCUT2D eigenvalue weighted by atomic mass is 16.5. The Morgan fingerprint density at radius 3 is 2.38 bits per heavy atom. The molecule has 0 aliphatic carbocycles. The summed E-state index contributed by atoms with van der Waals surface area (Å²) in [6, 6.07) is 7.20. The lowest BCUT2D eigenvalue weighted by Gasteiger charge is -2.44. The summed E-state index contributed by atoms with van der Waals surface area (Å²) in [5, 5.41) is 0. The van der Waals surface area contributed by atoms with Crippen LogP contribution in [0.3, 0.4) is 0 Å². The smallest absolute Gasteiger partial charge is 0.123 e. The van der Waals surface area contributed by atoms with Gasteiger partial charge >= 0.3 is 0 Å². The van der Waals surface area contributed by atoms with Crippen LogP contribution in [0.2, 0.25) is 0 Å². The Morgan fingerprint density at radius 2 is 1.86 bits per heavy atom. The molecule has 0 aromatic heterocycles. The van der Waals surface area contributed by atoms with Crippen molar-refractivity contribution in [2.75, 3.05) is 20.8 Å². The van der Waals surface area contributed by atoms with Gasteiger partial charge in [0.05, 0.1) is 20.3 Å². The number of ether oxygens (including phenoxy) is 2. The van der Waals surface area contributed by atoms with Gasteiger partial charge in [0.1, 0.15) is 11.5 Å². The van der Waals surface area contributed by atoms with E-state index in [1.165, 1.54) is 19.3 Å². The Hall–Kier alpha value is -1.26. The van der Waals surface area contributed by atoms with Crippen LogP contribution in [0.5, 0.6) is 11.5 Å². The third-order valence-electron chi connectivity index (χ3n) is 4.64. The van der Waals surface area contributed by atoms with E-state index in [4.69, 9.17) is 15.2 Å². The van der Waals surface area contributed by atoms with Crippen molar-refractivity contribution in [2.24, 2.45) is 5.73 Å². The highest BCUT2D eigenvalue weighted by Gasteiger charge is 2.32. The Morgan fingerprint density at radius 1 is 1.19 bits per heavy atom. The minimum atomic E-state index is 0.167. The first-order valence-electron chi connectivity index (χ1n) is 7.81. The molecule has 1 unspecified atom stereocenters. The van der Waals surface area contributed by atoms with Gasteiger partial charge in [0, 0.05) is 24.2 Å². The van der Waals surface area contributed by atoms with Gasteiger partial charge in [0.15, 0.2) is 0 Å². The van der Waals surface area contributed by atoms with E-state index in [2.05, 4.69) is 24.8 Å². The molecule has 1 aromatic rings. The largest absolute Gasteiger partial charge is 0.497 e. The van der Waals surface area contributed by atoms with Crippen molar-refractivity contribution in [3.63, 3.8) is 0 Å². The molecule has 1 saturated heterocycles. The zero-order valence-corrected chi connectivity index (χ0v) is 13.6. The van der Waals surface area contributed by atoms with E-state index in [1.54, 1.807) is 14.2 Å². The first-order chi connectivity index (χ1) is 10.1. The van der Waals surface area contributed by atoms with Crippen LogP contribution in [0.15, 0.2) is 18.2 Å². The number of nitrogens with zero attached hydrogens (tertiary/aromatic N) is 1. The highest BCUT2D eigenvalue weighted by Crippen LogP contribution is 2.37. The van der Waals surface area contributed by atoms with Crippen molar-refractivity contribution >= 4 is 0 Å². The van der Waals surface area contributed by atoms with Crippen molar-refractivity contribution in [2.45, 2.75) is 51.2 Å². The number of benzene rings is 1. The highest BCUT2D eigenvalue weighted by molar-refractivity contribution is 5.42. The number of rotatable bonds is 5. The van der Waals surface area contributed by atoms with E-state index in [1.807, 2.05) is 12.1 Å². The maximum absolute atomic E-state index is 6.14. The maximum Gasteiger partial charge on any atom is 0.123 e. The minimum Gasteiger partial charge on any atom is -0.497 e. The molecule has 1 heterocycles. The average Bonchev–Trinajstić information content (AvgIpc) is 2.50. The summed E-state index contributed by atoms with van der Waals surface area (Å²) in [7, 11) is 3.40. The lowest BCUT2D eigenvalue weighted by molar-refractivity contribution is 0.0566. The van der Waals surface area contributed by atoms with Crippen LogP contribution < -0.4 is 15.2 Å². The summed E-state index contributed by atoms with van der Waals surface area (Å²) in [5.74, 6) is 1.73. The fourth-order valence-electron chi connectivity index (χ4n) is 3.56. The molecule has 3 atom stereocenters. The van der Waals surface area contributed by atoms with Gasteiger partial charge < -0.3 is 15.2 Å². The summed E-state index contributed by atoms with van der Waals surface area (Å²) in [4.78, 5) is 2.54. The first kappa shape index (κ1) is 16.1. The molecule has 0 saturated carbocycles. The van der Waals surface area contributed by atoms with Crippen LogP contribution in [0.25, 0.3) is 0 Å². The number of hydrogen-bond acceptors (Lipinski definition) is 4. The molecule has 118 valence electrons. The fraction of sp³-hybridized carbons (Fsp3) is 0.647. The second-order valence-electron chi connectivity index (χ2n) is 5.94. The standard InChI is InChI=1S/C17H28N2O2/c1-12-6-5-7-13(2)19(12)16(11-18)15-10-14(20-3)8-9-17(15)21-4/h8-10,12-13,16H,5-7,11,18H2,1-4H3/t12-,13+,16?. The Kier molecular flexibility index (Phi) is 5.48. The van der Waals surface area contributed by atoms with Crippen molar-refractivity contribution < 1.29 is 9.47 Å². The molecule has 21 heavy (non-hydrogen) atoms. The lowest BCUT2D eigenvalue weighted by Crippen LogP contribution is -2.48. The van der Waals surface area contributed by atoms with Crippen LogP contribution in [0, 0.1) is 0 Å². The molecule has 0 bridgehead atoms. The molecule has 1 fully saturated rings. The second-order valence-corrected chi connectivity index (χ2v) is 5.94. The fourth-order valence-corrected chi connectivity index (χ4v) is 3.56. The number of likely N-dealkylation sites (tertiary alicyclic amines) is 1. The molecular formula is C17H28N2O2. The normalized spacial score (nSPS) is 24.6. The molecular weight excluding hydrogens is 264 g/mol. The molecule has 4 nitrogen and oxygen atoms in total. The molecule has 2 N–H and O–H groups in total. The van der Waals surface area contributed by atoms with E-state index >= 15 is 0 Å². The van der Waals surface area contributed by atoms with Gasteiger partial charge in [-0.1, -0.05) is 6.42 Å². The van der Waals surface area contributed by atoms with Crippen LogP contribution in [-0.4, -0.2) is 37.7 Å². The maximum atomic E-state index is 6.14. The van der Waals surface area contributed by atoms with E-state index in [-0.39, 0.29) is 6.04 Å². The number of hydrogen-bond donors (Lipinski definition) is 1. The van der Waals surface area contributed by atoms with Gasteiger partial charge in [-0.3, -0.25) is 4.90 Å². The van der Waals surface area contributed by atoms with E-state index in [0.717, 1.165) is 17.1 Å². The zero-order valence-electron chi connectivity index (χ0n) is 13.6. The topological polar surface area (TPSA) is 47.7 Å². The first-order valence-corrected chi connectivity index (χ1v) is 7.81. The molecule has 4 heteroatoms. The van der Waals surface area contributed by atoms with Crippen molar-refractivity contribution in [1.29, 1.82) is 0 Å². The molecule has 0 spiro atoms. The van der Waals surface area contributed by atoms with E-state index in [0.29, 0.717) is 18.6 Å². The Balaban J connectivity index is 2.39. The van der Waals surface area contributed by atoms with Crippen molar-refractivity contribution in [3.8, 4) is 11.5 Å². The van der Waals surface area contributed by atoms with Gasteiger partial charge in [0.2, 0.25) is 0 Å². The van der Waals surface area contributed by atoms with Crippen LogP contribution in [-0.2, 0) is 0 Å². The number of nitrogens with two attached hydrogens (primary N) is 1. The molecule has 1 aliphatic heterocycles. The average molecular weight is 292 g/mol. The molecule has 2 rings (SSSR count). The summed E-state index contributed by atoms with van der Waals surface area (Å²) >= 11 is 0.